The molecule has 0 radical (unpaired) electrons. The molecular formula is C15H20N4. The monoisotopic (exact) mass is 256 g/mol. The molecule has 4 heteroatoms. The average molecular weight is 256 g/mol. The highest BCUT2D eigenvalue weighted by molar-refractivity contribution is 5.45. The predicted molar refractivity (Wildman–Crippen MR) is 75.0 cm³/mol. The van der Waals surface area contributed by atoms with Gasteiger partial charge in [0, 0.05) is 18.3 Å². The number of hydrogen-bond acceptors (Lipinski definition) is 3. The van der Waals surface area contributed by atoms with Gasteiger partial charge in [-0.1, -0.05) is 6.42 Å². The summed E-state index contributed by atoms with van der Waals surface area (Å²) >= 11 is 0. The molecule has 2 aromatic rings. The first-order valence-corrected chi connectivity index (χ1v) is 7.36. The van der Waals surface area contributed by atoms with Crippen molar-refractivity contribution in [2.24, 2.45) is 17.8 Å². The van der Waals surface area contributed by atoms with Crippen molar-refractivity contribution in [3.8, 4) is 0 Å². The van der Waals surface area contributed by atoms with Gasteiger partial charge in [0.05, 0.1) is 6.20 Å². The van der Waals surface area contributed by atoms with Gasteiger partial charge in [-0.3, -0.25) is 0 Å². The number of nitrogens with zero attached hydrogens (tertiary/aromatic N) is 3. The molecule has 2 fully saturated rings. The number of nitrogens with one attached hydrogen (secondary N) is 1. The predicted octanol–water partition coefficient (Wildman–Crippen LogP) is 2.97. The molecule has 19 heavy (non-hydrogen) atoms. The topological polar surface area (TPSA) is 42.2 Å². The number of fused-ring (bicyclic) bond motifs is 3. The van der Waals surface area contributed by atoms with Crippen LogP contribution < -0.4 is 5.32 Å². The van der Waals surface area contributed by atoms with Crippen molar-refractivity contribution < 1.29 is 0 Å². The molecule has 4 atom stereocenters. The molecule has 2 aromatic heterocycles. The molecule has 0 amide bonds. The minimum atomic E-state index is 0.521. The van der Waals surface area contributed by atoms with Crippen LogP contribution in [0.3, 0.4) is 0 Å². The maximum atomic E-state index is 4.60. The molecular weight excluding hydrogens is 236 g/mol. The van der Waals surface area contributed by atoms with Gasteiger partial charge < -0.3 is 5.32 Å². The van der Waals surface area contributed by atoms with Crippen LogP contribution in [0.2, 0.25) is 0 Å². The minimum Gasteiger partial charge on any atom is -0.367 e. The summed E-state index contributed by atoms with van der Waals surface area (Å²) in [6, 6.07) is 4.48. The van der Waals surface area contributed by atoms with Crippen LogP contribution in [-0.4, -0.2) is 20.6 Å². The molecule has 2 aliphatic carbocycles. The number of hydrogen-bond donors (Lipinski definition) is 1. The molecule has 2 bridgehead atoms. The Morgan fingerprint density at radius 2 is 2.26 bits per heavy atom. The van der Waals surface area contributed by atoms with Gasteiger partial charge in [0.25, 0.3) is 0 Å². The van der Waals surface area contributed by atoms with Gasteiger partial charge in [-0.05, 0) is 50.0 Å². The van der Waals surface area contributed by atoms with Crippen molar-refractivity contribution in [2.75, 3.05) is 5.32 Å². The van der Waals surface area contributed by atoms with Crippen LogP contribution in [0.4, 0.5) is 5.82 Å². The Morgan fingerprint density at radius 3 is 3.05 bits per heavy atom. The van der Waals surface area contributed by atoms with Gasteiger partial charge in [0.15, 0.2) is 5.65 Å². The van der Waals surface area contributed by atoms with E-state index in [2.05, 4.69) is 22.3 Å². The van der Waals surface area contributed by atoms with E-state index in [1.54, 1.807) is 10.7 Å². The number of rotatable bonds is 3. The smallest absolute Gasteiger partial charge is 0.157 e. The van der Waals surface area contributed by atoms with Gasteiger partial charge >= 0.3 is 0 Å². The second kappa shape index (κ2) is 4.22. The Morgan fingerprint density at radius 1 is 1.32 bits per heavy atom. The molecule has 0 aromatic carbocycles. The molecule has 4 rings (SSSR count). The SMILES string of the molecule is CC(Nc1ccn2nccc2n1)C1CC2CCC1C2. The molecule has 0 aliphatic heterocycles. The highest BCUT2D eigenvalue weighted by Crippen LogP contribution is 2.49. The van der Waals surface area contributed by atoms with Gasteiger partial charge in [-0.25, -0.2) is 9.50 Å². The van der Waals surface area contributed by atoms with Gasteiger partial charge in [0.2, 0.25) is 0 Å². The van der Waals surface area contributed by atoms with Crippen LogP contribution in [0.5, 0.6) is 0 Å². The summed E-state index contributed by atoms with van der Waals surface area (Å²) in [6.45, 7) is 2.31. The van der Waals surface area contributed by atoms with Crippen molar-refractivity contribution >= 4 is 11.5 Å². The molecule has 2 saturated carbocycles. The van der Waals surface area contributed by atoms with Crippen LogP contribution in [-0.2, 0) is 0 Å². The Hall–Kier alpha value is -1.58. The summed E-state index contributed by atoms with van der Waals surface area (Å²) in [5.41, 5.74) is 0.908. The highest BCUT2D eigenvalue weighted by Gasteiger charge is 2.41. The third-order valence-corrected chi connectivity index (χ3v) is 5.07. The second-order valence-corrected chi connectivity index (χ2v) is 6.22. The fraction of sp³-hybridized carbons (Fsp3) is 0.600. The molecule has 2 heterocycles. The summed E-state index contributed by atoms with van der Waals surface area (Å²) in [7, 11) is 0. The number of aromatic nitrogens is 3. The lowest BCUT2D eigenvalue weighted by Crippen LogP contribution is -2.30. The Balaban J connectivity index is 1.50. The largest absolute Gasteiger partial charge is 0.367 e. The standard InChI is InChI=1S/C15H20N4/c1-10(13-9-11-2-3-12(13)8-11)17-14-5-7-19-15(18-14)4-6-16-19/h4-7,10-13H,2-3,8-9H2,1H3,(H,17,18). The van der Waals surface area contributed by atoms with E-state index in [1.807, 2.05) is 18.3 Å². The van der Waals surface area contributed by atoms with E-state index in [0.717, 1.165) is 29.2 Å². The van der Waals surface area contributed by atoms with E-state index in [0.29, 0.717) is 6.04 Å². The maximum Gasteiger partial charge on any atom is 0.157 e. The zero-order valence-electron chi connectivity index (χ0n) is 11.3. The first-order chi connectivity index (χ1) is 9.29. The second-order valence-electron chi connectivity index (χ2n) is 6.22. The van der Waals surface area contributed by atoms with E-state index >= 15 is 0 Å². The Labute approximate surface area is 113 Å². The van der Waals surface area contributed by atoms with Crippen molar-refractivity contribution in [3.05, 3.63) is 24.5 Å². The van der Waals surface area contributed by atoms with Crippen LogP contribution in [0.15, 0.2) is 24.5 Å². The normalized spacial score (nSPS) is 30.9. The number of anilines is 1. The van der Waals surface area contributed by atoms with Crippen molar-refractivity contribution in [1.82, 2.24) is 14.6 Å². The van der Waals surface area contributed by atoms with Crippen molar-refractivity contribution in [2.45, 2.75) is 38.6 Å². The van der Waals surface area contributed by atoms with E-state index in [1.165, 1.54) is 25.7 Å². The van der Waals surface area contributed by atoms with Gasteiger partial charge in [-0.15, -0.1) is 0 Å². The molecule has 0 saturated heterocycles. The van der Waals surface area contributed by atoms with Crippen LogP contribution >= 0.6 is 0 Å². The summed E-state index contributed by atoms with van der Waals surface area (Å²) in [4.78, 5) is 4.60. The van der Waals surface area contributed by atoms with Crippen molar-refractivity contribution in [1.29, 1.82) is 0 Å². The summed E-state index contributed by atoms with van der Waals surface area (Å²) in [6.07, 6.45) is 9.54. The van der Waals surface area contributed by atoms with Crippen LogP contribution in [0.25, 0.3) is 5.65 Å². The van der Waals surface area contributed by atoms with Crippen molar-refractivity contribution in [3.63, 3.8) is 0 Å². The first kappa shape index (κ1) is 11.3. The highest BCUT2D eigenvalue weighted by atomic mass is 15.2. The quantitative estimate of drug-likeness (QED) is 0.918. The average Bonchev–Trinajstić information content (AvgIpc) is 3.13. The third-order valence-electron chi connectivity index (χ3n) is 5.07. The Bertz CT molecular complexity index is 591. The fourth-order valence-corrected chi connectivity index (χ4v) is 4.14. The molecule has 0 spiro atoms. The lowest BCUT2D eigenvalue weighted by Gasteiger charge is -2.28. The van der Waals surface area contributed by atoms with E-state index in [-0.39, 0.29) is 0 Å². The lowest BCUT2D eigenvalue weighted by molar-refractivity contribution is 0.304. The minimum absolute atomic E-state index is 0.521. The van der Waals surface area contributed by atoms with E-state index in [9.17, 15) is 0 Å². The molecule has 1 N–H and O–H groups in total. The fourth-order valence-electron chi connectivity index (χ4n) is 4.14. The first-order valence-electron chi connectivity index (χ1n) is 7.36. The summed E-state index contributed by atoms with van der Waals surface area (Å²) in [5, 5.41) is 7.77. The van der Waals surface area contributed by atoms with Crippen LogP contribution in [0, 0.1) is 17.8 Å². The van der Waals surface area contributed by atoms with Crippen LogP contribution in [0.1, 0.15) is 32.6 Å². The molecule has 4 unspecified atom stereocenters. The van der Waals surface area contributed by atoms with E-state index < -0.39 is 0 Å². The summed E-state index contributed by atoms with van der Waals surface area (Å²) < 4.78 is 1.80. The lowest BCUT2D eigenvalue weighted by atomic mass is 9.84. The zero-order valence-corrected chi connectivity index (χ0v) is 11.3. The molecule has 4 nitrogen and oxygen atoms in total. The van der Waals surface area contributed by atoms with E-state index in [4.69, 9.17) is 0 Å². The zero-order chi connectivity index (χ0) is 12.8. The van der Waals surface area contributed by atoms with Gasteiger partial charge in [-0.2, -0.15) is 5.10 Å². The summed E-state index contributed by atoms with van der Waals surface area (Å²) in [5.74, 6) is 3.76. The maximum absolute atomic E-state index is 4.60. The Kier molecular flexibility index (Phi) is 2.50. The molecule has 2 aliphatic rings. The molecule has 100 valence electrons. The third kappa shape index (κ3) is 1.90. The van der Waals surface area contributed by atoms with Gasteiger partial charge in [0.1, 0.15) is 5.82 Å².